The highest BCUT2D eigenvalue weighted by Crippen LogP contribution is 2.38. The van der Waals surface area contributed by atoms with Gasteiger partial charge in [0.25, 0.3) is 5.56 Å². The van der Waals surface area contributed by atoms with Crippen molar-refractivity contribution in [2.75, 3.05) is 7.11 Å². The van der Waals surface area contributed by atoms with Gasteiger partial charge in [0, 0.05) is 22.5 Å². The van der Waals surface area contributed by atoms with E-state index in [4.69, 9.17) is 14.6 Å². The Bertz CT molecular complexity index is 1370. The molecule has 12 heteroatoms. The molecule has 0 fully saturated rings. The van der Waals surface area contributed by atoms with E-state index >= 15 is 0 Å². The highest BCUT2D eigenvalue weighted by Gasteiger charge is 2.26. The van der Waals surface area contributed by atoms with Crippen LogP contribution < -0.4 is 15.0 Å². The summed E-state index contributed by atoms with van der Waals surface area (Å²) in [6, 6.07) is 7.77. The number of carbonyl (C=O) groups is 1. The van der Waals surface area contributed by atoms with E-state index in [-0.39, 0.29) is 22.6 Å². The third kappa shape index (κ3) is 5.83. The summed E-state index contributed by atoms with van der Waals surface area (Å²) in [7, 11) is 1.27. The van der Waals surface area contributed by atoms with E-state index in [1.807, 2.05) is 6.92 Å². The van der Waals surface area contributed by atoms with Gasteiger partial charge in [-0.2, -0.15) is 9.78 Å². The summed E-state index contributed by atoms with van der Waals surface area (Å²) in [5, 5.41) is 25.4. The van der Waals surface area contributed by atoms with Gasteiger partial charge in [0.15, 0.2) is 11.9 Å². The van der Waals surface area contributed by atoms with Gasteiger partial charge in [0.2, 0.25) is 5.75 Å². The number of aryl methyl sites for hydroxylation is 1. The molecular formula is C23H23BrN4O7. The van der Waals surface area contributed by atoms with Crippen LogP contribution in [0.4, 0.5) is 5.69 Å². The van der Waals surface area contributed by atoms with Gasteiger partial charge in [-0.1, -0.05) is 29.3 Å². The number of nitrogens with zero attached hydrogens (tertiary/aromatic N) is 4. The van der Waals surface area contributed by atoms with E-state index in [1.54, 1.807) is 18.2 Å². The smallest absolute Gasteiger partial charge is 0.344 e. The molecule has 0 aliphatic carbocycles. The molecule has 35 heavy (non-hydrogen) atoms. The van der Waals surface area contributed by atoms with Crippen LogP contribution in [0, 0.1) is 10.1 Å². The number of hydrogen-bond donors (Lipinski definition) is 1. The number of halogens is 1. The molecule has 1 N–H and O–H groups in total. The third-order valence-corrected chi connectivity index (χ3v) is 5.56. The Morgan fingerprint density at radius 2 is 2.11 bits per heavy atom. The molecule has 0 saturated heterocycles. The van der Waals surface area contributed by atoms with Crippen LogP contribution in [-0.2, 0) is 11.2 Å². The summed E-state index contributed by atoms with van der Waals surface area (Å²) in [5.74, 6) is -1.20. The number of nitro groups is 1. The number of nitro benzene ring substituents is 1. The molecule has 1 heterocycles. The first-order chi connectivity index (χ1) is 16.7. The fourth-order valence-corrected chi connectivity index (χ4v) is 3.61. The maximum absolute atomic E-state index is 13.2. The minimum Gasteiger partial charge on any atom is -0.493 e. The third-order valence-electron chi connectivity index (χ3n) is 5.07. The van der Waals surface area contributed by atoms with Crippen LogP contribution in [0.15, 0.2) is 44.7 Å². The highest BCUT2D eigenvalue weighted by molar-refractivity contribution is 9.10. The second kappa shape index (κ2) is 11.1. The molecule has 0 radical (unpaired) electrons. The Hall–Kier alpha value is -3.80. The average Bonchev–Trinajstić information content (AvgIpc) is 2.82. The first-order valence-electron chi connectivity index (χ1n) is 10.7. The fraction of sp³-hybridized carbons (Fsp3) is 0.304. The minimum atomic E-state index is -1.34. The average molecular weight is 547 g/mol. The van der Waals surface area contributed by atoms with E-state index < -0.39 is 22.7 Å². The molecule has 0 aliphatic rings. The molecule has 0 aliphatic heterocycles. The summed E-state index contributed by atoms with van der Waals surface area (Å²) in [6.07, 6.45) is 2.12. The summed E-state index contributed by atoms with van der Waals surface area (Å²) in [4.78, 5) is 39.9. The number of hydrogen-bond acceptors (Lipinski definition) is 8. The molecule has 1 atom stereocenters. The quantitative estimate of drug-likeness (QED) is 0.226. The fourth-order valence-electron chi connectivity index (χ4n) is 3.25. The second-order valence-corrected chi connectivity index (χ2v) is 8.50. The van der Waals surface area contributed by atoms with Crippen molar-refractivity contribution in [1.29, 1.82) is 0 Å². The van der Waals surface area contributed by atoms with E-state index in [1.165, 1.54) is 31.0 Å². The lowest BCUT2D eigenvalue weighted by molar-refractivity contribution is -0.386. The maximum Gasteiger partial charge on any atom is 0.344 e. The molecule has 184 valence electrons. The standard InChI is InChI=1S/C23H23BrN4O7/c1-4-5-6-20-26-17-8-7-15(24)11-16(17)22(29)27(20)25-12-14-9-18(28(32)33)21(19(10-14)34-3)35-13(2)23(30)31/h7-13H,4-6H2,1-3H3,(H,30,31)/t13-/m0/s1. The van der Waals surface area contributed by atoms with Crippen molar-refractivity contribution >= 4 is 44.7 Å². The summed E-state index contributed by atoms with van der Waals surface area (Å²) in [6.45, 7) is 3.26. The van der Waals surface area contributed by atoms with Crippen molar-refractivity contribution in [1.82, 2.24) is 9.66 Å². The van der Waals surface area contributed by atoms with Crippen LogP contribution >= 0.6 is 15.9 Å². The summed E-state index contributed by atoms with van der Waals surface area (Å²) < 4.78 is 12.4. The Morgan fingerprint density at radius 3 is 2.74 bits per heavy atom. The number of benzene rings is 2. The van der Waals surface area contributed by atoms with Gasteiger partial charge in [0.1, 0.15) is 5.82 Å². The van der Waals surface area contributed by atoms with E-state index in [0.29, 0.717) is 27.6 Å². The molecule has 0 spiro atoms. The van der Waals surface area contributed by atoms with Gasteiger partial charge >= 0.3 is 11.7 Å². The number of ether oxygens (including phenoxy) is 2. The molecule has 0 unspecified atom stereocenters. The molecule has 0 amide bonds. The second-order valence-electron chi connectivity index (χ2n) is 7.58. The van der Waals surface area contributed by atoms with Crippen LogP contribution in [0.5, 0.6) is 11.5 Å². The van der Waals surface area contributed by atoms with Gasteiger partial charge in [-0.15, -0.1) is 0 Å². The topological polar surface area (TPSA) is 146 Å². The van der Waals surface area contributed by atoms with Crippen molar-refractivity contribution in [3.05, 3.63) is 66.7 Å². The molecule has 1 aromatic heterocycles. The van der Waals surface area contributed by atoms with Crippen LogP contribution in [0.2, 0.25) is 0 Å². The zero-order chi connectivity index (χ0) is 25.7. The van der Waals surface area contributed by atoms with Crippen molar-refractivity contribution < 1.29 is 24.3 Å². The highest BCUT2D eigenvalue weighted by atomic mass is 79.9. The first-order valence-corrected chi connectivity index (χ1v) is 11.5. The minimum absolute atomic E-state index is 0.0483. The number of aliphatic carboxylic acids is 1. The maximum atomic E-state index is 13.2. The Balaban J connectivity index is 2.13. The predicted octanol–water partition coefficient (Wildman–Crippen LogP) is 4.15. The van der Waals surface area contributed by atoms with Gasteiger partial charge in [-0.05, 0) is 37.6 Å². The Labute approximate surface area is 208 Å². The number of carboxylic acid groups (broad SMARTS) is 1. The molecule has 11 nitrogen and oxygen atoms in total. The lowest BCUT2D eigenvalue weighted by Gasteiger charge is -2.14. The van der Waals surface area contributed by atoms with Crippen molar-refractivity contribution in [2.24, 2.45) is 5.10 Å². The first kappa shape index (κ1) is 25.8. The van der Waals surface area contributed by atoms with Crippen LogP contribution in [0.25, 0.3) is 10.9 Å². The zero-order valence-corrected chi connectivity index (χ0v) is 20.8. The number of carboxylic acids is 1. The van der Waals surface area contributed by atoms with E-state index in [2.05, 4.69) is 26.0 Å². The molecule has 0 saturated carbocycles. The van der Waals surface area contributed by atoms with Crippen LogP contribution in [0.3, 0.4) is 0 Å². The van der Waals surface area contributed by atoms with Gasteiger partial charge in [0.05, 0.1) is 29.2 Å². The number of rotatable bonds is 10. The predicted molar refractivity (Wildman–Crippen MR) is 133 cm³/mol. The lowest BCUT2D eigenvalue weighted by atomic mass is 10.1. The Morgan fingerprint density at radius 1 is 1.37 bits per heavy atom. The largest absolute Gasteiger partial charge is 0.493 e. The SMILES string of the molecule is CCCCc1nc2ccc(Br)cc2c(=O)n1N=Cc1cc(OC)c(O[C@@H](C)C(=O)O)c([N+](=O)[O-])c1. The summed E-state index contributed by atoms with van der Waals surface area (Å²) in [5.41, 5.74) is -0.0953. The van der Waals surface area contributed by atoms with Crippen molar-refractivity contribution in [3.8, 4) is 11.5 Å². The van der Waals surface area contributed by atoms with Crippen molar-refractivity contribution in [2.45, 2.75) is 39.2 Å². The van der Waals surface area contributed by atoms with E-state index in [9.17, 15) is 19.7 Å². The number of aromatic nitrogens is 2. The number of fused-ring (bicyclic) bond motifs is 1. The summed E-state index contributed by atoms with van der Waals surface area (Å²) >= 11 is 3.36. The molecule has 2 aromatic carbocycles. The molecular weight excluding hydrogens is 524 g/mol. The van der Waals surface area contributed by atoms with E-state index in [0.717, 1.165) is 18.9 Å². The van der Waals surface area contributed by atoms with Gasteiger partial charge in [-0.3, -0.25) is 14.9 Å². The van der Waals surface area contributed by atoms with Crippen LogP contribution in [0.1, 0.15) is 38.1 Å². The van der Waals surface area contributed by atoms with Crippen LogP contribution in [-0.4, -0.2) is 45.1 Å². The normalized spacial score (nSPS) is 12.1. The number of unbranched alkanes of at least 4 members (excludes halogenated alkanes) is 1. The van der Waals surface area contributed by atoms with Gasteiger partial charge in [-0.25, -0.2) is 9.78 Å². The number of methoxy groups -OCH3 is 1. The Kier molecular flexibility index (Phi) is 8.18. The molecule has 3 rings (SSSR count). The monoisotopic (exact) mass is 546 g/mol. The zero-order valence-electron chi connectivity index (χ0n) is 19.2. The van der Waals surface area contributed by atoms with Crippen molar-refractivity contribution in [3.63, 3.8) is 0 Å². The lowest BCUT2D eigenvalue weighted by Crippen LogP contribution is -2.23. The molecule has 3 aromatic rings. The molecule has 0 bridgehead atoms. The van der Waals surface area contributed by atoms with Gasteiger partial charge < -0.3 is 14.6 Å².